The second-order valence-corrected chi connectivity index (χ2v) is 14.2. The molecule has 0 unspecified atom stereocenters. The molecule has 0 aromatic carbocycles. The minimum absolute atomic E-state index is 0.216. The van der Waals surface area contributed by atoms with E-state index in [1.807, 2.05) is 0 Å². The van der Waals surface area contributed by atoms with Gasteiger partial charge in [-0.15, -0.1) is 0 Å². The molecule has 0 radical (unpaired) electrons. The first-order chi connectivity index (χ1) is 12.8. The van der Waals surface area contributed by atoms with E-state index in [4.69, 9.17) is 25.6 Å². The minimum atomic E-state index is -2.38. The molecule has 162 valence electrons. The number of hydrogen-bond donors (Lipinski definition) is 0. The fourth-order valence-corrected chi connectivity index (χ4v) is 6.84. The lowest BCUT2D eigenvalue weighted by atomic mass is 10.1. The lowest BCUT2D eigenvalue weighted by molar-refractivity contribution is -0.140. The Balaban J connectivity index is 4.19. The van der Waals surface area contributed by atoms with Crippen molar-refractivity contribution >= 4 is 34.9 Å². The number of unbranched alkanes of at least 4 members (excludes halogenated alkanes) is 4. The predicted octanol–water partition coefficient (Wildman–Crippen LogP) is 6.97. The van der Waals surface area contributed by atoms with Crippen LogP contribution in [0.3, 0.4) is 0 Å². The van der Waals surface area contributed by atoms with E-state index >= 15 is 0 Å². The maximum atomic E-state index is 11.3. The number of ether oxygens (including phenoxy) is 1. The molecule has 0 saturated heterocycles. The van der Waals surface area contributed by atoms with E-state index in [9.17, 15) is 4.79 Å². The number of hydrogen-bond acceptors (Lipinski definition) is 6. The van der Waals surface area contributed by atoms with Crippen LogP contribution in [0.25, 0.3) is 0 Å². The molecular weight excluding hydrogens is 399 g/mol. The summed E-state index contributed by atoms with van der Waals surface area (Å²) in [5, 5.41) is 0. The van der Waals surface area contributed by atoms with E-state index in [1.54, 1.807) is 0 Å². The normalized spacial score (nSPS) is 12.1. The van der Waals surface area contributed by atoms with Crippen molar-refractivity contribution in [1.29, 1.82) is 0 Å². The van der Waals surface area contributed by atoms with Crippen molar-refractivity contribution in [2.75, 3.05) is 26.1 Å². The van der Waals surface area contributed by atoms with Crippen LogP contribution in [0, 0.1) is 11.8 Å². The van der Waals surface area contributed by atoms with E-state index in [0.29, 0.717) is 25.4 Å². The van der Waals surface area contributed by atoms with Crippen LogP contribution < -0.4 is 0 Å². The Bertz CT molecular complexity index is 393. The maximum absolute atomic E-state index is 11.3. The molecule has 4 nitrogen and oxygen atoms in total. The molecule has 0 spiro atoms. The minimum Gasteiger partial charge on any atom is -0.469 e. The molecular formula is C20H41O4PS2. The Hall–Kier alpha value is 0.390. The van der Waals surface area contributed by atoms with Crippen molar-refractivity contribution in [3.05, 3.63) is 0 Å². The largest absolute Gasteiger partial charge is 0.469 e. The Morgan fingerprint density at radius 1 is 0.889 bits per heavy atom. The lowest BCUT2D eigenvalue weighted by Gasteiger charge is -2.21. The first kappa shape index (κ1) is 27.4. The number of methoxy groups -OCH3 is 1. The quantitative estimate of drug-likeness (QED) is 0.130. The topological polar surface area (TPSA) is 44.8 Å². The molecule has 0 atom stereocenters. The van der Waals surface area contributed by atoms with Crippen molar-refractivity contribution in [1.82, 2.24) is 0 Å². The predicted molar refractivity (Wildman–Crippen MR) is 122 cm³/mol. The molecule has 0 saturated carbocycles. The van der Waals surface area contributed by atoms with Crippen LogP contribution in [0.1, 0.15) is 85.5 Å². The van der Waals surface area contributed by atoms with Crippen LogP contribution in [0.5, 0.6) is 0 Å². The van der Waals surface area contributed by atoms with Crippen LogP contribution in [0.15, 0.2) is 0 Å². The summed E-state index contributed by atoms with van der Waals surface area (Å²) in [6.07, 6.45) is 9.68. The first-order valence-electron chi connectivity index (χ1n) is 10.4. The summed E-state index contributed by atoms with van der Waals surface area (Å²) >= 11 is 7.19. The zero-order valence-corrected chi connectivity index (χ0v) is 20.6. The van der Waals surface area contributed by atoms with Gasteiger partial charge in [-0.3, -0.25) is 4.79 Å². The molecule has 0 amide bonds. The van der Waals surface area contributed by atoms with Crippen molar-refractivity contribution in [3.8, 4) is 0 Å². The maximum Gasteiger partial charge on any atom is 0.306 e. The molecule has 0 aliphatic heterocycles. The Kier molecular flexibility index (Phi) is 17.5. The summed E-state index contributed by atoms with van der Waals surface area (Å²) in [5.74, 6) is 1.88. The fourth-order valence-electron chi connectivity index (χ4n) is 2.47. The molecule has 0 aliphatic carbocycles. The molecule has 0 heterocycles. The van der Waals surface area contributed by atoms with E-state index in [1.165, 1.54) is 44.2 Å². The zero-order valence-electron chi connectivity index (χ0n) is 18.0. The number of carbonyl (C=O) groups excluding carboxylic acids is 1. The van der Waals surface area contributed by atoms with E-state index < -0.39 is 5.69 Å². The molecule has 0 aromatic heterocycles. The highest BCUT2D eigenvalue weighted by atomic mass is 32.9. The Morgan fingerprint density at radius 3 is 1.78 bits per heavy atom. The molecule has 0 rings (SSSR count). The molecule has 0 bridgehead atoms. The van der Waals surface area contributed by atoms with Gasteiger partial charge in [-0.25, -0.2) is 0 Å². The monoisotopic (exact) mass is 440 g/mol. The van der Waals surface area contributed by atoms with Gasteiger partial charge in [0.05, 0.1) is 26.7 Å². The fraction of sp³-hybridized carbons (Fsp3) is 0.950. The molecule has 27 heavy (non-hydrogen) atoms. The van der Waals surface area contributed by atoms with Crippen molar-refractivity contribution in [2.45, 2.75) is 85.5 Å². The van der Waals surface area contributed by atoms with Gasteiger partial charge < -0.3 is 13.8 Å². The third kappa shape index (κ3) is 18.2. The van der Waals surface area contributed by atoms with Gasteiger partial charge in [-0.2, -0.15) is 0 Å². The highest BCUT2D eigenvalue weighted by Crippen LogP contribution is 2.61. The van der Waals surface area contributed by atoms with E-state index in [0.717, 1.165) is 37.5 Å². The molecule has 0 N–H and O–H groups in total. The van der Waals surface area contributed by atoms with Crippen LogP contribution in [-0.2, 0) is 30.4 Å². The highest BCUT2D eigenvalue weighted by Gasteiger charge is 2.20. The van der Waals surface area contributed by atoms with E-state index in [-0.39, 0.29) is 5.97 Å². The molecule has 0 fully saturated rings. The van der Waals surface area contributed by atoms with E-state index in [2.05, 4.69) is 27.7 Å². The van der Waals surface area contributed by atoms with Gasteiger partial charge in [0.25, 0.3) is 0 Å². The standard InChI is InChI=1S/C20H41O4PS2/c1-18(2)12-8-6-10-15-23-25(26,27-17-14-20(21)22-5)24-16-11-7-9-13-19(3)4/h18-19H,6-17H2,1-5H3. The van der Waals surface area contributed by atoms with Gasteiger partial charge in [-0.05, 0) is 36.5 Å². The summed E-state index contributed by atoms with van der Waals surface area (Å²) in [7, 11) is 1.41. The average molecular weight is 441 g/mol. The highest BCUT2D eigenvalue weighted by molar-refractivity contribution is 8.67. The molecule has 7 heteroatoms. The average Bonchev–Trinajstić information content (AvgIpc) is 2.60. The second kappa shape index (κ2) is 17.3. The zero-order chi connectivity index (χ0) is 20.5. The van der Waals surface area contributed by atoms with Gasteiger partial charge >= 0.3 is 5.97 Å². The third-order valence-corrected chi connectivity index (χ3v) is 9.54. The van der Waals surface area contributed by atoms with Gasteiger partial charge in [0.1, 0.15) is 0 Å². The third-order valence-electron chi connectivity index (χ3n) is 4.13. The molecule has 0 aromatic rings. The first-order valence-corrected chi connectivity index (χ1v) is 14.6. The number of rotatable bonds is 18. The van der Waals surface area contributed by atoms with Gasteiger partial charge in [0.15, 0.2) is 0 Å². The van der Waals surface area contributed by atoms with Crippen LogP contribution in [0.2, 0.25) is 0 Å². The number of carbonyl (C=O) groups is 1. The Labute approximate surface area is 176 Å². The summed E-state index contributed by atoms with van der Waals surface area (Å²) in [6, 6.07) is 0. The van der Waals surface area contributed by atoms with Gasteiger partial charge in [0, 0.05) is 5.75 Å². The lowest BCUT2D eigenvalue weighted by Crippen LogP contribution is -2.03. The van der Waals surface area contributed by atoms with Crippen LogP contribution in [-0.4, -0.2) is 32.0 Å². The summed E-state index contributed by atoms with van der Waals surface area (Å²) in [5.41, 5.74) is -2.38. The molecule has 0 aliphatic rings. The van der Waals surface area contributed by atoms with Gasteiger partial charge in [-0.1, -0.05) is 77.6 Å². The van der Waals surface area contributed by atoms with Crippen molar-refractivity contribution in [2.24, 2.45) is 11.8 Å². The Morgan fingerprint density at radius 2 is 1.37 bits per heavy atom. The second-order valence-electron chi connectivity index (χ2n) is 7.76. The van der Waals surface area contributed by atoms with Crippen molar-refractivity contribution in [3.63, 3.8) is 0 Å². The summed E-state index contributed by atoms with van der Waals surface area (Å²) < 4.78 is 16.7. The van der Waals surface area contributed by atoms with Crippen LogP contribution in [0.4, 0.5) is 0 Å². The number of esters is 1. The van der Waals surface area contributed by atoms with Crippen molar-refractivity contribution < 1.29 is 18.6 Å². The van der Waals surface area contributed by atoms with Gasteiger partial charge in [0.2, 0.25) is 5.69 Å². The smallest absolute Gasteiger partial charge is 0.306 e. The van der Waals surface area contributed by atoms with Crippen LogP contribution >= 0.6 is 17.1 Å². The SMILES string of the molecule is COC(=O)CCSP(=S)(OCCCCCC(C)C)OCCCCCC(C)C. The summed E-state index contributed by atoms with van der Waals surface area (Å²) in [4.78, 5) is 11.3. The summed E-state index contributed by atoms with van der Waals surface area (Å²) in [6.45, 7) is 10.3.